The van der Waals surface area contributed by atoms with Crippen molar-refractivity contribution < 1.29 is 4.42 Å². The summed E-state index contributed by atoms with van der Waals surface area (Å²) in [5.74, 6) is 1.75. The van der Waals surface area contributed by atoms with E-state index in [1.165, 1.54) is 30.6 Å². The summed E-state index contributed by atoms with van der Waals surface area (Å²) < 4.78 is 6.45. The van der Waals surface area contributed by atoms with Gasteiger partial charge >= 0.3 is 0 Å². The van der Waals surface area contributed by atoms with Crippen molar-refractivity contribution in [2.75, 3.05) is 0 Å². The summed E-state index contributed by atoms with van der Waals surface area (Å²) in [6.45, 7) is 2.29. The molecule has 0 aliphatic heterocycles. The van der Waals surface area contributed by atoms with Crippen LogP contribution in [0.25, 0.3) is 0 Å². The first-order valence-corrected chi connectivity index (χ1v) is 8.48. The fraction of sp³-hybridized carbons (Fsp3) is 0.500. The van der Waals surface area contributed by atoms with Gasteiger partial charge in [-0.25, -0.2) is 0 Å². The summed E-state index contributed by atoms with van der Waals surface area (Å²) in [5.41, 5.74) is 0. The first kappa shape index (κ1) is 14.2. The van der Waals surface area contributed by atoms with E-state index in [-0.39, 0.29) is 6.04 Å². The molecule has 1 N–H and O–H groups in total. The van der Waals surface area contributed by atoms with Gasteiger partial charge in [-0.15, -0.1) is 11.3 Å². The van der Waals surface area contributed by atoms with Crippen molar-refractivity contribution in [1.82, 2.24) is 5.32 Å². The van der Waals surface area contributed by atoms with E-state index in [1.54, 1.807) is 17.6 Å². The van der Waals surface area contributed by atoms with Crippen LogP contribution in [-0.2, 0) is 0 Å². The molecule has 4 heteroatoms. The highest BCUT2D eigenvalue weighted by Gasteiger charge is 2.26. The van der Waals surface area contributed by atoms with Crippen LogP contribution in [0.15, 0.2) is 34.9 Å². The Balaban J connectivity index is 1.79. The highest BCUT2D eigenvalue weighted by Crippen LogP contribution is 2.34. The quantitative estimate of drug-likeness (QED) is 0.815. The van der Waals surface area contributed by atoms with Gasteiger partial charge < -0.3 is 9.73 Å². The normalized spacial score (nSPS) is 19.3. The molecule has 1 fully saturated rings. The van der Waals surface area contributed by atoms with Gasteiger partial charge in [-0.2, -0.15) is 0 Å². The van der Waals surface area contributed by atoms with Gasteiger partial charge in [-0.3, -0.25) is 0 Å². The Kier molecular flexibility index (Phi) is 4.49. The third-order valence-electron chi connectivity index (χ3n) is 4.24. The van der Waals surface area contributed by atoms with Crippen molar-refractivity contribution >= 4 is 22.9 Å². The standard InChI is InChI=1S/C16H20ClNOS/c1-11(12-5-2-3-6-12)18-16(13-7-4-10-19-13)14-8-9-15(17)20-14/h4,7-12,16,18H,2-3,5-6H2,1H3/t11-,16?/m1/s1. The maximum Gasteiger partial charge on any atom is 0.126 e. The van der Waals surface area contributed by atoms with Crippen molar-refractivity contribution in [3.05, 3.63) is 45.5 Å². The monoisotopic (exact) mass is 309 g/mol. The van der Waals surface area contributed by atoms with Crippen LogP contribution in [0.2, 0.25) is 4.34 Å². The Labute approximate surface area is 129 Å². The van der Waals surface area contributed by atoms with Crippen LogP contribution in [0.3, 0.4) is 0 Å². The summed E-state index contributed by atoms with van der Waals surface area (Å²) in [4.78, 5) is 1.22. The number of nitrogens with one attached hydrogen (secondary N) is 1. The molecule has 0 saturated heterocycles. The van der Waals surface area contributed by atoms with Gasteiger partial charge in [-0.1, -0.05) is 24.4 Å². The van der Waals surface area contributed by atoms with Crippen LogP contribution in [0.1, 0.15) is 49.3 Å². The Hall–Kier alpha value is -0.770. The molecule has 1 aliphatic rings. The van der Waals surface area contributed by atoms with Crippen LogP contribution < -0.4 is 5.32 Å². The lowest BCUT2D eigenvalue weighted by Gasteiger charge is -2.25. The van der Waals surface area contributed by atoms with E-state index in [4.69, 9.17) is 16.0 Å². The number of rotatable bonds is 5. The number of furan rings is 1. The lowest BCUT2D eigenvalue weighted by Crippen LogP contribution is -2.35. The number of hydrogen-bond acceptors (Lipinski definition) is 3. The fourth-order valence-electron chi connectivity index (χ4n) is 3.10. The second-order valence-corrected chi connectivity index (χ2v) is 7.34. The Morgan fingerprint density at radius 1 is 1.30 bits per heavy atom. The Bertz CT molecular complexity index is 530. The predicted molar refractivity (Wildman–Crippen MR) is 84.4 cm³/mol. The summed E-state index contributed by atoms with van der Waals surface area (Å²) in [6, 6.07) is 8.63. The molecule has 3 rings (SSSR count). The average molecular weight is 310 g/mol. The molecule has 0 aromatic carbocycles. The molecule has 1 saturated carbocycles. The number of thiophene rings is 1. The molecular formula is C16H20ClNOS. The van der Waals surface area contributed by atoms with Crippen LogP contribution >= 0.6 is 22.9 Å². The number of halogens is 1. The molecule has 2 aromatic rings. The molecule has 0 amide bonds. The summed E-state index contributed by atoms with van der Waals surface area (Å²) in [7, 11) is 0. The lowest BCUT2D eigenvalue weighted by atomic mass is 9.98. The van der Waals surface area contributed by atoms with Gasteiger partial charge in [0, 0.05) is 10.9 Å². The average Bonchev–Trinajstić information content (AvgIpc) is 3.17. The van der Waals surface area contributed by atoms with Gasteiger partial charge in [0.1, 0.15) is 11.8 Å². The summed E-state index contributed by atoms with van der Waals surface area (Å²) in [5, 5.41) is 3.75. The van der Waals surface area contributed by atoms with E-state index >= 15 is 0 Å². The molecule has 2 atom stereocenters. The van der Waals surface area contributed by atoms with Crippen LogP contribution in [0.4, 0.5) is 0 Å². The van der Waals surface area contributed by atoms with Crippen molar-refractivity contribution in [3.8, 4) is 0 Å². The summed E-state index contributed by atoms with van der Waals surface area (Å²) >= 11 is 7.71. The Morgan fingerprint density at radius 3 is 2.70 bits per heavy atom. The maximum atomic E-state index is 6.09. The minimum absolute atomic E-state index is 0.109. The van der Waals surface area contributed by atoms with Crippen LogP contribution in [0.5, 0.6) is 0 Å². The molecule has 108 valence electrons. The van der Waals surface area contributed by atoms with E-state index in [0.29, 0.717) is 6.04 Å². The molecule has 0 radical (unpaired) electrons. The Morgan fingerprint density at radius 2 is 2.10 bits per heavy atom. The second kappa shape index (κ2) is 6.33. The van der Waals surface area contributed by atoms with E-state index in [1.807, 2.05) is 18.2 Å². The largest absolute Gasteiger partial charge is 0.467 e. The maximum absolute atomic E-state index is 6.09. The predicted octanol–water partition coefficient (Wildman–Crippen LogP) is 5.25. The van der Waals surface area contributed by atoms with E-state index in [0.717, 1.165) is 16.0 Å². The van der Waals surface area contributed by atoms with Gasteiger partial charge in [0.15, 0.2) is 0 Å². The molecule has 2 nitrogen and oxygen atoms in total. The summed E-state index contributed by atoms with van der Waals surface area (Å²) in [6.07, 6.45) is 7.15. The fourth-order valence-corrected chi connectivity index (χ4v) is 4.23. The minimum Gasteiger partial charge on any atom is -0.467 e. The first-order chi connectivity index (χ1) is 9.74. The third kappa shape index (κ3) is 3.11. The van der Waals surface area contributed by atoms with E-state index in [9.17, 15) is 0 Å². The second-order valence-electron chi connectivity index (χ2n) is 5.59. The molecule has 0 spiro atoms. The van der Waals surface area contributed by atoms with E-state index < -0.39 is 0 Å². The van der Waals surface area contributed by atoms with E-state index in [2.05, 4.69) is 18.3 Å². The van der Waals surface area contributed by atoms with Crippen molar-refractivity contribution in [2.45, 2.75) is 44.7 Å². The zero-order valence-corrected chi connectivity index (χ0v) is 13.2. The first-order valence-electron chi connectivity index (χ1n) is 7.28. The molecule has 2 heterocycles. The van der Waals surface area contributed by atoms with Gasteiger partial charge in [0.25, 0.3) is 0 Å². The minimum atomic E-state index is 0.109. The molecular weight excluding hydrogens is 290 g/mol. The molecule has 2 aromatic heterocycles. The van der Waals surface area contributed by atoms with Crippen LogP contribution in [0, 0.1) is 5.92 Å². The van der Waals surface area contributed by atoms with Gasteiger partial charge in [0.05, 0.1) is 10.6 Å². The lowest BCUT2D eigenvalue weighted by molar-refractivity contribution is 0.339. The zero-order valence-electron chi connectivity index (χ0n) is 11.6. The van der Waals surface area contributed by atoms with Crippen molar-refractivity contribution in [3.63, 3.8) is 0 Å². The smallest absolute Gasteiger partial charge is 0.126 e. The topological polar surface area (TPSA) is 25.2 Å². The van der Waals surface area contributed by atoms with Crippen molar-refractivity contribution in [1.29, 1.82) is 0 Å². The molecule has 0 bridgehead atoms. The van der Waals surface area contributed by atoms with Crippen molar-refractivity contribution in [2.24, 2.45) is 5.92 Å². The third-order valence-corrected chi connectivity index (χ3v) is 5.54. The van der Waals surface area contributed by atoms with Gasteiger partial charge in [-0.05, 0) is 49.9 Å². The van der Waals surface area contributed by atoms with Gasteiger partial charge in [0.2, 0.25) is 0 Å². The molecule has 20 heavy (non-hydrogen) atoms. The number of hydrogen-bond donors (Lipinski definition) is 1. The highest BCUT2D eigenvalue weighted by molar-refractivity contribution is 7.16. The van der Waals surface area contributed by atoms with Crippen LogP contribution in [-0.4, -0.2) is 6.04 Å². The SMILES string of the molecule is C[C@@H](NC(c1ccco1)c1ccc(Cl)s1)C1CCCC1. The molecule has 1 unspecified atom stereocenters. The highest BCUT2D eigenvalue weighted by atomic mass is 35.5. The molecule has 1 aliphatic carbocycles. The zero-order chi connectivity index (χ0) is 13.9.